The lowest BCUT2D eigenvalue weighted by Gasteiger charge is -2.19. The second-order valence-corrected chi connectivity index (χ2v) is 9.41. The monoisotopic (exact) mass is 547 g/mol. The second kappa shape index (κ2) is 15.8. The minimum absolute atomic E-state index is 0.00527. The molecule has 0 amide bonds. The lowest BCUT2D eigenvalue weighted by molar-refractivity contribution is 0.472. The van der Waals surface area contributed by atoms with Crippen molar-refractivity contribution in [2.45, 2.75) is 46.0 Å². The van der Waals surface area contributed by atoms with Gasteiger partial charge in [0.05, 0.1) is 5.69 Å². The first-order valence-electron chi connectivity index (χ1n) is 13.5. The molecule has 0 spiro atoms. The molecule has 2 aromatic carbocycles. The number of nitrogens with one attached hydrogen (secondary N) is 2. The summed E-state index contributed by atoms with van der Waals surface area (Å²) in [5, 5.41) is 20.5. The lowest BCUT2D eigenvalue weighted by atomic mass is 9.99. The molecular weight excluding hydrogens is 510 g/mol. The largest absolute Gasteiger partial charge is 0.375 e. The summed E-state index contributed by atoms with van der Waals surface area (Å²) in [6, 6.07) is 11.7. The number of azo groups is 1. The van der Waals surface area contributed by atoms with Gasteiger partial charge in [-0.25, -0.2) is 0 Å². The van der Waals surface area contributed by atoms with Crippen molar-refractivity contribution in [1.82, 2.24) is 15.0 Å². The fourth-order valence-corrected chi connectivity index (χ4v) is 3.99. The van der Waals surface area contributed by atoms with Crippen molar-refractivity contribution in [3.05, 3.63) is 52.3 Å². The highest BCUT2D eigenvalue weighted by Crippen LogP contribution is 2.33. The molecule has 1 aromatic heterocycles. The third-order valence-electron chi connectivity index (χ3n) is 6.42. The van der Waals surface area contributed by atoms with Gasteiger partial charge < -0.3 is 21.3 Å². The van der Waals surface area contributed by atoms with Crippen molar-refractivity contribution >= 4 is 46.3 Å². The van der Waals surface area contributed by atoms with E-state index in [2.05, 4.69) is 64.9 Å². The molecule has 0 aliphatic carbocycles. The first-order valence-corrected chi connectivity index (χ1v) is 13.5. The smallest absolute Gasteiger partial charge is 0.229 e. The third-order valence-corrected chi connectivity index (χ3v) is 6.42. The number of nitroso groups, excluding NO2 is 2. The molecule has 40 heavy (non-hydrogen) atoms. The van der Waals surface area contributed by atoms with E-state index in [1.54, 1.807) is 0 Å². The van der Waals surface area contributed by atoms with Gasteiger partial charge >= 0.3 is 0 Å². The number of hydrogen-bond donors (Lipinski definition) is 3. The third kappa shape index (κ3) is 9.33. The molecule has 0 aliphatic heterocycles. The van der Waals surface area contributed by atoms with Crippen molar-refractivity contribution in [3.63, 3.8) is 0 Å². The molecular formula is C27H37N11O2. The standard InChI is InChI=1S/C27H37N11O2/c1-4-6-8-19(5-2)18-30-27-32-25(28)31-26(33-27)29-15-7-16-38(3)22-12-9-20(10-13-22)34-35-23-14-11-21(36-39)17-24(23)37-40/h9-14,17,19H,4-8,15-16,18H2,1-3H3,(H4,28,29,30,31,32,33). The van der Waals surface area contributed by atoms with Crippen molar-refractivity contribution in [2.75, 3.05) is 47.9 Å². The summed E-state index contributed by atoms with van der Waals surface area (Å²) < 4.78 is 0. The maximum absolute atomic E-state index is 11.0. The number of benzene rings is 2. The second-order valence-electron chi connectivity index (χ2n) is 9.41. The molecule has 4 N–H and O–H groups in total. The van der Waals surface area contributed by atoms with Gasteiger partial charge in [0, 0.05) is 32.4 Å². The predicted octanol–water partition coefficient (Wildman–Crippen LogP) is 7.23. The van der Waals surface area contributed by atoms with Crippen LogP contribution in [0.25, 0.3) is 0 Å². The van der Waals surface area contributed by atoms with E-state index in [-0.39, 0.29) is 23.0 Å². The highest BCUT2D eigenvalue weighted by Gasteiger charge is 2.09. The van der Waals surface area contributed by atoms with E-state index in [0.717, 1.165) is 31.6 Å². The van der Waals surface area contributed by atoms with E-state index in [1.165, 1.54) is 37.5 Å². The van der Waals surface area contributed by atoms with Crippen LogP contribution in [0, 0.1) is 15.7 Å². The number of anilines is 4. The quantitative estimate of drug-likeness (QED) is 0.0893. The molecule has 13 nitrogen and oxygen atoms in total. The van der Waals surface area contributed by atoms with Gasteiger partial charge in [-0.05, 0) is 71.6 Å². The number of aromatic nitrogens is 3. The van der Waals surface area contributed by atoms with Crippen LogP contribution >= 0.6 is 0 Å². The minimum atomic E-state index is 0.00527. The number of nitrogens with two attached hydrogens (primary N) is 1. The van der Waals surface area contributed by atoms with Crippen LogP contribution in [0.15, 0.2) is 63.0 Å². The Balaban J connectivity index is 1.47. The van der Waals surface area contributed by atoms with Gasteiger partial charge in [0.1, 0.15) is 17.1 Å². The van der Waals surface area contributed by atoms with E-state index < -0.39 is 0 Å². The van der Waals surface area contributed by atoms with Gasteiger partial charge in [-0.1, -0.05) is 33.1 Å². The molecule has 1 heterocycles. The molecule has 0 aliphatic rings. The minimum Gasteiger partial charge on any atom is -0.375 e. The van der Waals surface area contributed by atoms with Crippen LogP contribution in [0.3, 0.4) is 0 Å². The molecule has 1 atom stereocenters. The summed E-state index contributed by atoms with van der Waals surface area (Å²) in [5.41, 5.74) is 7.90. The molecule has 0 fully saturated rings. The summed E-state index contributed by atoms with van der Waals surface area (Å²) in [6.07, 6.45) is 5.54. The number of rotatable bonds is 17. The van der Waals surface area contributed by atoms with Crippen LogP contribution in [0.2, 0.25) is 0 Å². The van der Waals surface area contributed by atoms with Crippen molar-refractivity contribution in [3.8, 4) is 0 Å². The Morgan fingerprint density at radius 2 is 1.60 bits per heavy atom. The van der Waals surface area contributed by atoms with Crippen molar-refractivity contribution in [2.24, 2.45) is 26.5 Å². The van der Waals surface area contributed by atoms with Crippen LogP contribution < -0.4 is 21.3 Å². The predicted molar refractivity (Wildman–Crippen MR) is 160 cm³/mol. The molecule has 0 bridgehead atoms. The molecule has 0 radical (unpaired) electrons. The molecule has 0 saturated carbocycles. The van der Waals surface area contributed by atoms with E-state index in [0.29, 0.717) is 30.0 Å². The Bertz CT molecular complexity index is 1270. The van der Waals surface area contributed by atoms with E-state index in [4.69, 9.17) is 5.73 Å². The topological polar surface area (TPSA) is 176 Å². The van der Waals surface area contributed by atoms with Gasteiger partial charge in [-0.15, -0.1) is 14.9 Å². The summed E-state index contributed by atoms with van der Waals surface area (Å²) >= 11 is 0. The van der Waals surface area contributed by atoms with Crippen LogP contribution in [0.1, 0.15) is 46.0 Å². The Morgan fingerprint density at radius 1 is 0.875 bits per heavy atom. The average molecular weight is 548 g/mol. The normalized spacial score (nSPS) is 11.8. The molecule has 13 heteroatoms. The summed E-state index contributed by atoms with van der Waals surface area (Å²) in [4.78, 5) is 36.6. The van der Waals surface area contributed by atoms with Gasteiger partial charge in [-0.2, -0.15) is 20.1 Å². The van der Waals surface area contributed by atoms with Crippen molar-refractivity contribution in [1.29, 1.82) is 0 Å². The summed E-state index contributed by atoms with van der Waals surface area (Å²) in [7, 11) is 2.01. The fraction of sp³-hybridized carbons (Fsp3) is 0.444. The zero-order valence-electron chi connectivity index (χ0n) is 23.2. The molecule has 0 saturated heterocycles. The Kier molecular flexibility index (Phi) is 11.8. The Hall–Kier alpha value is -4.55. The number of nitrogens with zero attached hydrogens (tertiary/aromatic N) is 8. The van der Waals surface area contributed by atoms with Gasteiger partial charge in [0.25, 0.3) is 0 Å². The Labute approximate surface area is 234 Å². The first-order chi connectivity index (χ1) is 19.4. The highest BCUT2D eigenvalue weighted by molar-refractivity contribution is 5.66. The van der Waals surface area contributed by atoms with Crippen LogP contribution in [-0.2, 0) is 0 Å². The van der Waals surface area contributed by atoms with Gasteiger partial charge in [0.2, 0.25) is 17.8 Å². The fourth-order valence-electron chi connectivity index (χ4n) is 3.99. The van der Waals surface area contributed by atoms with Crippen LogP contribution in [0.5, 0.6) is 0 Å². The maximum Gasteiger partial charge on any atom is 0.229 e. The molecule has 212 valence electrons. The van der Waals surface area contributed by atoms with E-state index in [1.807, 2.05) is 31.3 Å². The first kappa shape index (κ1) is 30.0. The molecule has 3 aromatic rings. The molecule has 1 unspecified atom stereocenters. The highest BCUT2D eigenvalue weighted by atomic mass is 16.3. The van der Waals surface area contributed by atoms with Gasteiger partial charge in [0.15, 0.2) is 0 Å². The summed E-state index contributed by atoms with van der Waals surface area (Å²) in [6.45, 7) is 6.68. The van der Waals surface area contributed by atoms with Gasteiger partial charge in [-0.3, -0.25) is 0 Å². The summed E-state index contributed by atoms with van der Waals surface area (Å²) in [5.74, 6) is 1.71. The average Bonchev–Trinajstić information content (AvgIpc) is 2.98. The van der Waals surface area contributed by atoms with E-state index >= 15 is 0 Å². The number of hydrogen-bond acceptors (Lipinski definition) is 13. The van der Waals surface area contributed by atoms with Crippen LogP contribution in [0.4, 0.5) is 46.3 Å². The molecule has 3 rings (SSSR count). The number of unbranched alkanes of at least 4 members (excludes halogenated alkanes) is 1. The number of nitrogen functional groups attached to an aromatic ring is 1. The van der Waals surface area contributed by atoms with E-state index in [9.17, 15) is 9.81 Å². The Morgan fingerprint density at radius 3 is 2.27 bits per heavy atom. The zero-order valence-corrected chi connectivity index (χ0v) is 23.2. The van der Waals surface area contributed by atoms with Crippen molar-refractivity contribution < 1.29 is 0 Å². The SMILES string of the molecule is CCCCC(CC)CNc1nc(N)nc(NCCCN(C)c2ccc(N=Nc3ccc(N=O)cc3N=O)cc2)n1. The zero-order chi connectivity index (χ0) is 28.7. The maximum atomic E-state index is 11.0. The van der Waals surface area contributed by atoms with Crippen LogP contribution in [-0.4, -0.2) is 41.6 Å². The lowest BCUT2D eigenvalue weighted by Crippen LogP contribution is -2.21.